The molecule has 3 saturated heterocycles. The third-order valence-electron chi connectivity index (χ3n) is 7.67. The molecule has 10 nitrogen and oxygen atoms in total. The van der Waals surface area contributed by atoms with Crippen molar-refractivity contribution < 1.29 is 19.1 Å². The Hall–Kier alpha value is -3.76. The molecule has 0 aromatic carbocycles. The monoisotopic (exact) mass is 493 g/mol. The second-order valence-electron chi connectivity index (χ2n) is 10.4. The predicted octanol–water partition coefficient (Wildman–Crippen LogP) is 2.28. The van der Waals surface area contributed by atoms with Crippen molar-refractivity contribution in [2.75, 3.05) is 49.1 Å². The number of aromatic carboxylic acids is 1. The first-order valence-electron chi connectivity index (χ1n) is 12.3. The average Bonchev–Trinajstić information content (AvgIpc) is 3.60. The Labute approximate surface area is 207 Å². The van der Waals surface area contributed by atoms with Gasteiger partial charge in [0.15, 0.2) is 17.0 Å². The molecule has 6 rings (SSSR count). The maximum absolute atomic E-state index is 15.9. The van der Waals surface area contributed by atoms with Crippen LogP contribution in [0.15, 0.2) is 30.5 Å². The molecule has 3 aromatic heterocycles. The number of pyridine rings is 2. The topological polar surface area (TPSA) is 107 Å². The van der Waals surface area contributed by atoms with Crippen molar-refractivity contribution in [3.63, 3.8) is 0 Å². The summed E-state index contributed by atoms with van der Waals surface area (Å²) in [5.74, 6) is -0.761. The minimum Gasteiger partial charge on any atom is -0.477 e. The number of amides is 1. The van der Waals surface area contributed by atoms with E-state index in [1.54, 1.807) is 21.5 Å². The Kier molecular flexibility index (Phi) is 5.13. The molecule has 3 aliphatic rings. The van der Waals surface area contributed by atoms with Crippen LogP contribution in [0, 0.1) is 18.8 Å². The molecule has 1 N–H and O–H groups in total. The van der Waals surface area contributed by atoms with Crippen LogP contribution in [-0.4, -0.2) is 86.4 Å². The SMILES string of the molecule is Cc1cc(N2CCC(C)C2)cn2nc(C(=O)N3CC4CN(c5cccc(C(=O)O)n5)CC4(F)C3)nc12. The lowest BCUT2D eigenvalue weighted by Gasteiger charge is -2.23. The molecule has 11 heteroatoms. The number of halogens is 1. The molecule has 3 fully saturated rings. The molecule has 0 spiro atoms. The summed E-state index contributed by atoms with van der Waals surface area (Å²) in [5.41, 5.74) is 0.938. The molecular weight excluding hydrogens is 465 g/mol. The molecule has 0 radical (unpaired) electrons. The van der Waals surface area contributed by atoms with E-state index < -0.39 is 17.6 Å². The molecule has 3 aliphatic heterocycles. The summed E-state index contributed by atoms with van der Waals surface area (Å²) >= 11 is 0. The third-order valence-corrected chi connectivity index (χ3v) is 7.67. The molecule has 0 aliphatic carbocycles. The Morgan fingerprint density at radius 2 is 1.97 bits per heavy atom. The normalized spacial score (nSPS) is 25.7. The first kappa shape index (κ1) is 22.7. The lowest BCUT2D eigenvalue weighted by Crippen LogP contribution is -2.39. The summed E-state index contributed by atoms with van der Waals surface area (Å²) in [7, 11) is 0. The highest BCUT2D eigenvalue weighted by Crippen LogP contribution is 2.40. The van der Waals surface area contributed by atoms with E-state index in [1.807, 2.05) is 13.1 Å². The van der Waals surface area contributed by atoms with Crippen molar-refractivity contribution in [1.29, 1.82) is 0 Å². The summed E-state index contributed by atoms with van der Waals surface area (Å²) in [6.07, 6.45) is 3.06. The van der Waals surface area contributed by atoms with Gasteiger partial charge in [-0.05, 0) is 43.0 Å². The van der Waals surface area contributed by atoms with Gasteiger partial charge in [-0.1, -0.05) is 13.0 Å². The molecular formula is C25H28FN7O3. The summed E-state index contributed by atoms with van der Waals surface area (Å²) in [6.45, 7) is 6.77. The minimum absolute atomic E-state index is 0.0485. The van der Waals surface area contributed by atoms with Crippen LogP contribution in [0.3, 0.4) is 0 Å². The number of hydrogen-bond donors (Lipinski definition) is 1. The van der Waals surface area contributed by atoms with Crippen LogP contribution in [0.25, 0.3) is 5.65 Å². The van der Waals surface area contributed by atoms with Gasteiger partial charge in [0.05, 0.1) is 25.0 Å². The van der Waals surface area contributed by atoms with Gasteiger partial charge >= 0.3 is 5.97 Å². The van der Waals surface area contributed by atoms with E-state index in [-0.39, 0.29) is 37.1 Å². The van der Waals surface area contributed by atoms with E-state index in [0.29, 0.717) is 23.9 Å². The number of carboxylic acid groups (broad SMARTS) is 1. The maximum atomic E-state index is 15.9. The Morgan fingerprint density at radius 1 is 1.14 bits per heavy atom. The van der Waals surface area contributed by atoms with Crippen molar-refractivity contribution in [2.45, 2.75) is 25.9 Å². The van der Waals surface area contributed by atoms with Crippen molar-refractivity contribution in [1.82, 2.24) is 24.5 Å². The molecule has 188 valence electrons. The Bertz CT molecular complexity index is 1380. The van der Waals surface area contributed by atoms with Crippen molar-refractivity contribution in [3.8, 4) is 0 Å². The standard InChI is InChI=1S/C25H28FN7O3/c1-15-6-7-30(9-15)18-8-16(2)22-28-21(29-33(22)12-18)23(34)32-11-17-10-31(13-25(17,26)14-32)20-5-3-4-19(27-20)24(35)36/h3-5,8,12,15,17H,6-7,9-11,13-14H2,1-2H3,(H,35,36). The maximum Gasteiger partial charge on any atom is 0.354 e. The number of nitrogens with zero attached hydrogens (tertiary/aromatic N) is 7. The zero-order valence-corrected chi connectivity index (χ0v) is 20.3. The molecule has 3 aromatic rings. The van der Waals surface area contributed by atoms with Gasteiger partial charge < -0.3 is 19.8 Å². The first-order chi connectivity index (χ1) is 17.2. The molecule has 3 unspecified atom stereocenters. The van der Waals surface area contributed by atoms with Gasteiger partial charge in [-0.2, -0.15) is 0 Å². The van der Waals surface area contributed by atoms with Gasteiger partial charge in [-0.15, -0.1) is 5.10 Å². The number of carbonyl (C=O) groups is 2. The number of carboxylic acids is 1. The highest BCUT2D eigenvalue weighted by atomic mass is 19.1. The van der Waals surface area contributed by atoms with Crippen molar-refractivity contribution in [2.24, 2.45) is 11.8 Å². The fourth-order valence-corrected chi connectivity index (χ4v) is 5.74. The van der Waals surface area contributed by atoms with Gasteiger partial charge in [-0.25, -0.2) is 23.7 Å². The number of hydrogen-bond acceptors (Lipinski definition) is 7. The summed E-state index contributed by atoms with van der Waals surface area (Å²) < 4.78 is 17.6. The van der Waals surface area contributed by atoms with Crippen LogP contribution in [0.4, 0.5) is 15.9 Å². The number of fused-ring (bicyclic) bond motifs is 2. The van der Waals surface area contributed by atoms with E-state index in [9.17, 15) is 14.7 Å². The third kappa shape index (κ3) is 3.73. The second-order valence-corrected chi connectivity index (χ2v) is 10.4. The smallest absolute Gasteiger partial charge is 0.354 e. The number of likely N-dealkylation sites (tertiary alicyclic amines) is 1. The average molecular weight is 494 g/mol. The molecule has 3 atom stereocenters. The van der Waals surface area contributed by atoms with Crippen LogP contribution in [-0.2, 0) is 0 Å². The highest BCUT2D eigenvalue weighted by Gasteiger charge is 2.55. The summed E-state index contributed by atoms with van der Waals surface area (Å²) in [4.78, 5) is 38.7. The lowest BCUT2D eigenvalue weighted by molar-refractivity contribution is 0.0689. The van der Waals surface area contributed by atoms with Gasteiger partial charge in [0.2, 0.25) is 5.82 Å². The summed E-state index contributed by atoms with van der Waals surface area (Å²) in [6, 6.07) is 6.77. The number of rotatable bonds is 4. The van der Waals surface area contributed by atoms with Gasteiger partial charge in [0, 0.05) is 32.1 Å². The fraction of sp³-hybridized carbons (Fsp3) is 0.480. The number of aryl methyl sites for hydroxylation is 1. The van der Waals surface area contributed by atoms with Crippen LogP contribution >= 0.6 is 0 Å². The van der Waals surface area contributed by atoms with E-state index in [0.717, 1.165) is 30.8 Å². The second kappa shape index (κ2) is 8.14. The zero-order chi connectivity index (χ0) is 25.2. The van der Waals surface area contributed by atoms with Crippen LogP contribution in [0.1, 0.15) is 40.0 Å². The van der Waals surface area contributed by atoms with Gasteiger partial charge in [0.25, 0.3) is 5.91 Å². The van der Waals surface area contributed by atoms with E-state index in [4.69, 9.17) is 0 Å². The predicted molar refractivity (Wildman–Crippen MR) is 130 cm³/mol. The number of anilines is 2. The number of alkyl halides is 1. The minimum atomic E-state index is -1.61. The Balaban J connectivity index is 1.19. The quantitative estimate of drug-likeness (QED) is 0.590. The highest BCUT2D eigenvalue weighted by molar-refractivity contribution is 5.91. The fourth-order valence-electron chi connectivity index (χ4n) is 5.74. The molecule has 0 bridgehead atoms. The summed E-state index contributed by atoms with van der Waals surface area (Å²) in [5, 5.41) is 13.7. The van der Waals surface area contributed by atoms with E-state index in [2.05, 4.69) is 33.0 Å². The van der Waals surface area contributed by atoms with E-state index >= 15 is 4.39 Å². The largest absolute Gasteiger partial charge is 0.477 e. The van der Waals surface area contributed by atoms with Crippen LogP contribution in [0.2, 0.25) is 0 Å². The van der Waals surface area contributed by atoms with Crippen LogP contribution < -0.4 is 9.80 Å². The zero-order valence-electron chi connectivity index (χ0n) is 20.3. The Morgan fingerprint density at radius 3 is 2.69 bits per heavy atom. The molecule has 36 heavy (non-hydrogen) atoms. The first-order valence-corrected chi connectivity index (χ1v) is 12.3. The molecule has 1 amide bonds. The van der Waals surface area contributed by atoms with E-state index in [1.165, 1.54) is 11.0 Å². The molecule has 6 heterocycles. The number of carbonyl (C=O) groups excluding carboxylic acids is 1. The van der Waals surface area contributed by atoms with Gasteiger partial charge in [-0.3, -0.25) is 4.79 Å². The lowest BCUT2D eigenvalue weighted by atomic mass is 9.97. The number of aromatic nitrogens is 4. The van der Waals surface area contributed by atoms with Crippen molar-refractivity contribution >= 4 is 29.0 Å². The molecule has 0 saturated carbocycles. The van der Waals surface area contributed by atoms with Crippen LogP contribution in [0.5, 0.6) is 0 Å². The van der Waals surface area contributed by atoms with Crippen molar-refractivity contribution in [3.05, 3.63) is 47.5 Å². The van der Waals surface area contributed by atoms with Gasteiger partial charge in [0.1, 0.15) is 5.82 Å².